The number of nitrogens with two attached hydrogens (primary N) is 1. The zero-order valence-corrected chi connectivity index (χ0v) is 12.9. The summed E-state index contributed by atoms with van der Waals surface area (Å²) < 4.78 is 16.7. The Labute approximate surface area is 132 Å². The summed E-state index contributed by atoms with van der Waals surface area (Å²) in [6, 6.07) is 1.34. The van der Waals surface area contributed by atoms with Gasteiger partial charge in [0.1, 0.15) is 18.0 Å². The monoisotopic (exact) mass is 331 g/mol. The summed E-state index contributed by atoms with van der Waals surface area (Å²) in [5.41, 5.74) is 2.82. The molecule has 1 saturated heterocycles. The minimum absolute atomic E-state index is 0.00375. The molecule has 0 unspecified atom stereocenters. The average Bonchev–Trinajstić information content (AvgIpc) is 2.69. The highest BCUT2D eigenvalue weighted by Gasteiger charge is 2.65. The molecular formula is C13H21N3O7. The number of nitrogens with zero attached hydrogens (tertiary/aromatic N) is 2. The van der Waals surface area contributed by atoms with E-state index in [1.807, 2.05) is 0 Å². The minimum Gasteiger partial charge on any atom is -0.394 e. The van der Waals surface area contributed by atoms with Crippen LogP contribution < -0.4 is 11.4 Å². The van der Waals surface area contributed by atoms with E-state index in [4.69, 9.17) is 19.9 Å². The molecule has 2 rings (SSSR count). The van der Waals surface area contributed by atoms with Crippen molar-refractivity contribution >= 4 is 5.82 Å². The Morgan fingerprint density at radius 1 is 1.52 bits per heavy atom. The van der Waals surface area contributed by atoms with E-state index in [1.54, 1.807) is 0 Å². The van der Waals surface area contributed by atoms with Crippen molar-refractivity contribution in [1.29, 1.82) is 0 Å². The maximum absolute atomic E-state index is 12.1. The van der Waals surface area contributed by atoms with Gasteiger partial charge in [-0.3, -0.25) is 4.57 Å². The Morgan fingerprint density at radius 2 is 2.22 bits per heavy atom. The lowest BCUT2D eigenvalue weighted by atomic mass is 9.98. The molecule has 1 aliphatic rings. The molecule has 1 aliphatic heterocycles. The fourth-order valence-corrected chi connectivity index (χ4v) is 2.58. The molecule has 0 aromatic carbocycles. The molecule has 4 atom stereocenters. The van der Waals surface area contributed by atoms with E-state index in [9.17, 15) is 20.1 Å². The van der Waals surface area contributed by atoms with Crippen LogP contribution in [0.15, 0.2) is 17.1 Å². The molecule has 0 radical (unpaired) electrons. The lowest BCUT2D eigenvalue weighted by Crippen LogP contribution is -2.60. The van der Waals surface area contributed by atoms with Gasteiger partial charge in [0.15, 0.2) is 0 Å². The Morgan fingerprint density at radius 3 is 2.78 bits per heavy atom. The van der Waals surface area contributed by atoms with Crippen LogP contribution in [0.1, 0.15) is 6.92 Å². The topological polar surface area (TPSA) is 149 Å². The fourth-order valence-electron chi connectivity index (χ4n) is 2.58. The molecule has 0 amide bonds. The average molecular weight is 331 g/mol. The van der Waals surface area contributed by atoms with E-state index < -0.39 is 36.0 Å². The molecule has 0 bridgehead atoms. The second-order valence-electron chi connectivity index (χ2n) is 5.31. The third-order valence-electron chi connectivity index (χ3n) is 3.87. The van der Waals surface area contributed by atoms with E-state index >= 15 is 0 Å². The van der Waals surface area contributed by atoms with Crippen LogP contribution in [0.5, 0.6) is 0 Å². The molecular weight excluding hydrogens is 310 g/mol. The van der Waals surface area contributed by atoms with Crippen LogP contribution in [0.3, 0.4) is 0 Å². The largest absolute Gasteiger partial charge is 0.394 e. The number of hydrogen-bond acceptors (Lipinski definition) is 9. The molecule has 0 spiro atoms. The van der Waals surface area contributed by atoms with Crippen molar-refractivity contribution in [3.8, 4) is 0 Å². The Hall–Kier alpha value is -1.56. The number of ether oxygens (including phenoxy) is 3. The van der Waals surface area contributed by atoms with Crippen molar-refractivity contribution in [1.82, 2.24) is 9.55 Å². The van der Waals surface area contributed by atoms with Crippen molar-refractivity contribution in [3.63, 3.8) is 0 Å². The maximum Gasteiger partial charge on any atom is 0.352 e. The van der Waals surface area contributed by atoms with Crippen LogP contribution in [-0.4, -0.2) is 69.8 Å². The lowest BCUT2D eigenvalue weighted by Gasteiger charge is -2.39. The van der Waals surface area contributed by atoms with Gasteiger partial charge in [-0.15, -0.1) is 0 Å². The van der Waals surface area contributed by atoms with Crippen molar-refractivity contribution in [2.24, 2.45) is 0 Å². The maximum atomic E-state index is 12.1. The summed E-state index contributed by atoms with van der Waals surface area (Å²) in [5.74, 6) is -2.31. The predicted octanol–water partition coefficient (Wildman–Crippen LogP) is -2.40. The number of methoxy groups -OCH3 is 1. The smallest absolute Gasteiger partial charge is 0.352 e. The first-order chi connectivity index (χ1) is 10.8. The molecule has 10 heteroatoms. The summed E-state index contributed by atoms with van der Waals surface area (Å²) in [5, 5.41) is 30.5. The van der Waals surface area contributed by atoms with E-state index in [0.717, 1.165) is 4.57 Å². The first-order valence-corrected chi connectivity index (χ1v) is 6.98. The highest BCUT2D eigenvalue weighted by molar-refractivity contribution is 5.24. The number of aliphatic hydroxyl groups is 3. The molecule has 0 aliphatic carbocycles. The van der Waals surface area contributed by atoms with Gasteiger partial charge in [0, 0.05) is 13.3 Å². The van der Waals surface area contributed by atoms with Gasteiger partial charge in [-0.2, -0.15) is 4.98 Å². The van der Waals surface area contributed by atoms with Gasteiger partial charge in [-0.05, 0) is 13.0 Å². The highest BCUT2D eigenvalue weighted by atomic mass is 16.7. The third kappa shape index (κ3) is 2.84. The lowest BCUT2D eigenvalue weighted by molar-refractivity contribution is -0.320. The number of rotatable bonds is 6. The van der Waals surface area contributed by atoms with Crippen LogP contribution in [0, 0.1) is 0 Å². The molecule has 130 valence electrons. The molecule has 1 aromatic heterocycles. The van der Waals surface area contributed by atoms with Crippen molar-refractivity contribution in [2.75, 3.05) is 32.7 Å². The number of anilines is 1. The van der Waals surface area contributed by atoms with Crippen molar-refractivity contribution < 1.29 is 29.5 Å². The van der Waals surface area contributed by atoms with E-state index in [2.05, 4.69) is 4.98 Å². The first-order valence-electron chi connectivity index (χ1n) is 6.98. The summed E-state index contributed by atoms with van der Waals surface area (Å²) in [6.07, 6.45) is -1.49. The van der Waals surface area contributed by atoms with Crippen LogP contribution >= 0.6 is 0 Å². The summed E-state index contributed by atoms with van der Waals surface area (Å²) in [6.45, 7) is 0.837. The third-order valence-corrected chi connectivity index (χ3v) is 3.87. The standard InChI is InChI=1S/C13H21N3O7/c1-12(16-4-3-9(14)15-11(16)19)13(20,22-6-5-21-2)10(18)8(7-17)23-12/h3-4,8,10,17-18,20H,5-7H2,1-2H3,(H2,14,15,19)/t8-,10-,12-,13+/m1/s1. The zero-order chi connectivity index (χ0) is 17.3. The molecule has 10 nitrogen and oxygen atoms in total. The number of aliphatic hydroxyl groups excluding tert-OH is 2. The first kappa shape index (κ1) is 17.8. The van der Waals surface area contributed by atoms with Gasteiger partial charge in [-0.1, -0.05) is 0 Å². The molecule has 23 heavy (non-hydrogen) atoms. The van der Waals surface area contributed by atoms with Crippen molar-refractivity contribution in [3.05, 3.63) is 22.7 Å². The Kier molecular flexibility index (Phi) is 5.04. The molecule has 1 aromatic rings. The van der Waals surface area contributed by atoms with E-state index in [0.29, 0.717) is 0 Å². The summed E-state index contributed by atoms with van der Waals surface area (Å²) in [7, 11) is 1.44. The van der Waals surface area contributed by atoms with Gasteiger partial charge in [0.05, 0.1) is 19.8 Å². The fraction of sp³-hybridized carbons (Fsp3) is 0.692. The SMILES string of the molecule is COCCO[C@@]1(O)[C@H](O)[C@@H](CO)O[C@@]1(C)n1ccc(N)nc1=O. The summed E-state index contributed by atoms with van der Waals surface area (Å²) in [4.78, 5) is 15.7. The summed E-state index contributed by atoms with van der Waals surface area (Å²) >= 11 is 0. The normalized spacial score (nSPS) is 34.0. The number of hydrogen-bond donors (Lipinski definition) is 4. The van der Waals surface area contributed by atoms with Gasteiger partial charge in [0.25, 0.3) is 0 Å². The van der Waals surface area contributed by atoms with Crippen LogP contribution in [0.2, 0.25) is 0 Å². The van der Waals surface area contributed by atoms with E-state index in [-0.39, 0.29) is 19.0 Å². The van der Waals surface area contributed by atoms with Gasteiger partial charge >= 0.3 is 5.69 Å². The van der Waals surface area contributed by atoms with Crippen LogP contribution in [0.25, 0.3) is 0 Å². The number of nitrogen functional groups attached to an aromatic ring is 1. The highest BCUT2D eigenvalue weighted by Crippen LogP contribution is 2.43. The van der Waals surface area contributed by atoms with Gasteiger partial charge in [0.2, 0.25) is 11.5 Å². The zero-order valence-electron chi connectivity index (χ0n) is 12.9. The van der Waals surface area contributed by atoms with Crippen LogP contribution in [-0.2, 0) is 19.9 Å². The molecule has 2 heterocycles. The van der Waals surface area contributed by atoms with Crippen LogP contribution in [0.4, 0.5) is 5.82 Å². The molecule has 5 N–H and O–H groups in total. The Balaban J connectivity index is 2.48. The second-order valence-corrected chi connectivity index (χ2v) is 5.31. The molecule has 1 fully saturated rings. The molecule has 0 saturated carbocycles. The van der Waals surface area contributed by atoms with Gasteiger partial charge in [-0.25, -0.2) is 4.79 Å². The van der Waals surface area contributed by atoms with Gasteiger partial charge < -0.3 is 35.3 Å². The second kappa shape index (κ2) is 6.51. The van der Waals surface area contributed by atoms with E-state index in [1.165, 1.54) is 26.3 Å². The number of aromatic nitrogens is 2. The quantitative estimate of drug-likeness (QED) is 0.330. The Bertz CT molecular complexity index is 609. The van der Waals surface area contributed by atoms with Crippen molar-refractivity contribution in [2.45, 2.75) is 30.6 Å². The minimum atomic E-state index is -2.31. The predicted molar refractivity (Wildman–Crippen MR) is 77.3 cm³/mol.